The van der Waals surface area contributed by atoms with Crippen LogP contribution in [0.2, 0.25) is 0 Å². The third-order valence-electron chi connectivity index (χ3n) is 2.86. The van der Waals surface area contributed by atoms with Crippen LogP contribution in [-0.4, -0.2) is 30.7 Å². The van der Waals surface area contributed by atoms with E-state index in [0.29, 0.717) is 12.4 Å². The highest BCUT2D eigenvalue weighted by atomic mass is 16.4. The first kappa shape index (κ1) is 12.1. The van der Waals surface area contributed by atoms with Crippen molar-refractivity contribution >= 4 is 17.4 Å². The highest BCUT2D eigenvalue weighted by Gasteiger charge is 2.10. The van der Waals surface area contributed by atoms with Crippen molar-refractivity contribution < 1.29 is 9.90 Å². The maximum atomic E-state index is 11.1. The molecule has 7 heteroatoms. The summed E-state index contributed by atoms with van der Waals surface area (Å²) in [6, 6.07) is 6.90. The predicted octanol–water partition coefficient (Wildman–Crippen LogP) is 1.43. The summed E-state index contributed by atoms with van der Waals surface area (Å²) in [6.45, 7) is 0.459. The van der Waals surface area contributed by atoms with Crippen molar-refractivity contribution in [3.05, 3.63) is 54.1 Å². The van der Waals surface area contributed by atoms with Crippen LogP contribution in [0.15, 0.2) is 43.0 Å². The summed E-state index contributed by atoms with van der Waals surface area (Å²) in [5.74, 6) is -0.658. The molecule has 0 aliphatic heterocycles. The summed E-state index contributed by atoms with van der Waals surface area (Å²) in [5.41, 5.74) is 1.85. The first-order valence-electron chi connectivity index (χ1n) is 5.94. The van der Waals surface area contributed by atoms with E-state index in [9.17, 15) is 4.79 Å². The minimum Gasteiger partial charge on any atom is -0.478 e. The minimum absolute atomic E-state index is 0.149. The number of nitrogens with one attached hydrogen (secondary N) is 1. The Balaban J connectivity index is 1.80. The van der Waals surface area contributed by atoms with Gasteiger partial charge in [-0.25, -0.2) is 9.78 Å². The molecule has 0 aliphatic rings. The molecular formula is C13H11N5O2. The van der Waals surface area contributed by atoms with Gasteiger partial charge in [-0.15, -0.1) is 10.2 Å². The van der Waals surface area contributed by atoms with Crippen molar-refractivity contribution in [3.8, 4) is 0 Å². The Bertz CT molecular complexity index is 768. The molecule has 0 atom stereocenters. The van der Waals surface area contributed by atoms with Gasteiger partial charge in [-0.2, -0.15) is 0 Å². The van der Waals surface area contributed by atoms with E-state index in [1.807, 2.05) is 18.3 Å². The lowest BCUT2D eigenvalue weighted by atomic mass is 10.2. The fourth-order valence-electron chi connectivity index (χ4n) is 1.87. The molecular weight excluding hydrogens is 258 g/mol. The molecule has 0 unspecified atom stereocenters. The number of pyridine rings is 2. The Morgan fingerprint density at radius 3 is 3.15 bits per heavy atom. The number of carboxylic acid groups (broad SMARTS) is 1. The van der Waals surface area contributed by atoms with Crippen LogP contribution < -0.4 is 5.32 Å². The molecule has 0 saturated carbocycles. The van der Waals surface area contributed by atoms with Gasteiger partial charge in [0.15, 0.2) is 5.65 Å². The van der Waals surface area contributed by atoms with Gasteiger partial charge < -0.3 is 10.4 Å². The van der Waals surface area contributed by atoms with Gasteiger partial charge in [-0.05, 0) is 29.8 Å². The summed E-state index contributed by atoms with van der Waals surface area (Å²) < 4.78 is 1.80. The van der Waals surface area contributed by atoms with Gasteiger partial charge in [0.1, 0.15) is 17.7 Å². The van der Waals surface area contributed by atoms with E-state index >= 15 is 0 Å². The molecule has 20 heavy (non-hydrogen) atoms. The average molecular weight is 269 g/mol. The zero-order chi connectivity index (χ0) is 13.9. The maximum absolute atomic E-state index is 11.1. The maximum Gasteiger partial charge on any atom is 0.339 e. The van der Waals surface area contributed by atoms with E-state index in [0.717, 1.165) is 11.2 Å². The first-order valence-corrected chi connectivity index (χ1v) is 5.94. The molecule has 3 rings (SSSR count). The highest BCUT2D eigenvalue weighted by molar-refractivity contribution is 5.92. The normalized spacial score (nSPS) is 10.6. The number of rotatable bonds is 4. The van der Waals surface area contributed by atoms with E-state index < -0.39 is 5.97 Å². The number of fused-ring (bicyclic) bond motifs is 1. The number of nitrogens with zero attached hydrogens (tertiary/aromatic N) is 4. The minimum atomic E-state index is -1.01. The van der Waals surface area contributed by atoms with Crippen LogP contribution in [0, 0.1) is 0 Å². The quantitative estimate of drug-likeness (QED) is 0.744. The Hall–Kier alpha value is -2.96. The van der Waals surface area contributed by atoms with Gasteiger partial charge in [-0.1, -0.05) is 0 Å². The van der Waals surface area contributed by atoms with Crippen LogP contribution in [0.3, 0.4) is 0 Å². The summed E-state index contributed by atoms with van der Waals surface area (Å²) in [5, 5.41) is 19.8. The van der Waals surface area contributed by atoms with Crippen LogP contribution in [-0.2, 0) is 6.54 Å². The third-order valence-corrected chi connectivity index (χ3v) is 2.86. The van der Waals surface area contributed by atoms with Gasteiger partial charge >= 0.3 is 5.97 Å². The zero-order valence-electron chi connectivity index (χ0n) is 10.4. The highest BCUT2D eigenvalue weighted by Crippen LogP contribution is 2.13. The van der Waals surface area contributed by atoms with Crippen LogP contribution >= 0.6 is 0 Å². The van der Waals surface area contributed by atoms with Gasteiger partial charge in [0.2, 0.25) is 0 Å². The van der Waals surface area contributed by atoms with Crippen molar-refractivity contribution in [2.75, 3.05) is 5.32 Å². The fraction of sp³-hybridized carbons (Fsp3) is 0.0769. The van der Waals surface area contributed by atoms with E-state index in [1.54, 1.807) is 23.0 Å². The summed E-state index contributed by atoms with van der Waals surface area (Å²) in [7, 11) is 0. The molecule has 0 saturated heterocycles. The van der Waals surface area contributed by atoms with Crippen LogP contribution in [0.4, 0.5) is 5.82 Å². The topological polar surface area (TPSA) is 92.4 Å². The van der Waals surface area contributed by atoms with Crippen molar-refractivity contribution in [1.82, 2.24) is 19.6 Å². The summed E-state index contributed by atoms with van der Waals surface area (Å²) in [6.07, 6.45) is 5.02. The fourth-order valence-corrected chi connectivity index (χ4v) is 1.87. The second kappa shape index (κ2) is 4.96. The molecule has 0 radical (unpaired) electrons. The Morgan fingerprint density at radius 2 is 2.30 bits per heavy atom. The standard InChI is InChI=1S/C13H11N5O2/c19-13(20)10-2-1-4-14-12(10)15-7-9-3-5-18-8-16-17-11(18)6-9/h1-6,8H,7H2,(H,14,15)(H,19,20). The lowest BCUT2D eigenvalue weighted by Crippen LogP contribution is -2.08. The molecule has 3 heterocycles. The molecule has 0 spiro atoms. The third kappa shape index (κ3) is 2.28. The number of carbonyl (C=O) groups is 1. The first-order chi connectivity index (χ1) is 9.74. The SMILES string of the molecule is O=C(O)c1cccnc1NCc1ccn2cnnc2c1. The average Bonchev–Trinajstić information content (AvgIpc) is 2.92. The predicted molar refractivity (Wildman–Crippen MR) is 71.5 cm³/mol. The van der Waals surface area contributed by atoms with E-state index in [2.05, 4.69) is 20.5 Å². The van der Waals surface area contributed by atoms with Crippen LogP contribution in [0.1, 0.15) is 15.9 Å². The lowest BCUT2D eigenvalue weighted by Gasteiger charge is -2.08. The van der Waals surface area contributed by atoms with Crippen LogP contribution in [0.5, 0.6) is 0 Å². The second-order valence-corrected chi connectivity index (χ2v) is 4.19. The summed E-state index contributed by atoms with van der Waals surface area (Å²) >= 11 is 0. The van der Waals surface area contributed by atoms with E-state index in [1.165, 1.54) is 6.07 Å². The molecule has 2 N–H and O–H groups in total. The van der Waals surface area contributed by atoms with Gasteiger partial charge in [0, 0.05) is 18.9 Å². The molecule has 0 fully saturated rings. The van der Waals surface area contributed by atoms with E-state index in [4.69, 9.17) is 5.11 Å². The number of aromatic carboxylic acids is 1. The molecule has 0 aliphatic carbocycles. The number of anilines is 1. The molecule has 3 aromatic rings. The lowest BCUT2D eigenvalue weighted by molar-refractivity contribution is 0.0697. The largest absolute Gasteiger partial charge is 0.478 e. The van der Waals surface area contributed by atoms with E-state index in [-0.39, 0.29) is 5.56 Å². The Morgan fingerprint density at radius 1 is 1.40 bits per heavy atom. The van der Waals surface area contributed by atoms with Gasteiger partial charge in [0.05, 0.1) is 0 Å². The molecule has 7 nitrogen and oxygen atoms in total. The smallest absolute Gasteiger partial charge is 0.339 e. The van der Waals surface area contributed by atoms with Crippen molar-refractivity contribution in [2.24, 2.45) is 0 Å². The number of hydrogen-bond donors (Lipinski definition) is 2. The molecule has 0 aromatic carbocycles. The number of carboxylic acids is 1. The molecule has 0 bridgehead atoms. The van der Waals surface area contributed by atoms with Crippen molar-refractivity contribution in [3.63, 3.8) is 0 Å². The summed E-state index contributed by atoms with van der Waals surface area (Å²) in [4.78, 5) is 15.1. The molecule has 0 amide bonds. The van der Waals surface area contributed by atoms with Gasteiger partial charge in [-0.3, -0.25) is 4.40 Å². The Kier molecular flexibility index (Phi) is 3.00. The Labute approximate surface area is 113 Å². The number of aromatic nitrogens is 4. The number of hydrogen-bond acceptors (Lipinski definition) is 5. The zero-order valence-corrected chi connectivity index (χ0v) is 10.4. The molecule has 3 aromatic heterocycles. The monoisotopic (exact) mass is 269 g/mol. The molecule has 100 valence electrons. The van der Waals surface area contributed by atoms with Crippen molar-refractivity contribution in [2.45, 2.75) is 6.54 Å². The van der Waals surface area contributed by atoms with Crippen LogP contribution in [0.25, 0.3) is 5.65 Å². The van der Waals surface area contributed by atoms with Crippen molar-refractivity contribution in [1.29, 1.82) is 0 Å². The van der Waals surface area contributed by atoms with Gasteiger partial charge in [0.25, 0.3) is 0 Å². The second-order valence-electron chi connectivity index (χ2n) is 4.19.